The second-order valence-corrected chi connectivity index (χ2v) is 5.62. The average molecular weight is 296 g/mol. The van der Waals surface area contributed by atoms with Gasteiger partial charge in [-0.1, -0.05) is 23.7 Å². The van der Waals surface area contributed by atoms with Crippen LogP contribution in [0.4, 0.5) is 4.39 Å². The molecule has 1 aromatic heterocycles. The highest BCUT2D eigenvalue weighted by Crippen LogP contribution is 2.30. The van der Waals surface area contributed by atoms with E-state index in [1.54, 1.807) is 6.07 Å². The van der Waals surface area contributed by atoms with Gasteiger partial charge in [0, 0.05) is 5.56 Å². The Kier molecular flexibility index (Phi) is 3.72. The smallest absolute Gasteiger partial charge is 0.244 e. The van der Waals surface area contributed by atoms with E-state index >= 15 is 0 Å². The van der Waals surface area contributed by atoms with E-state index in [-0.39, 0.29) is 16.9 Å². The molecule has 2 heterocycles. The van der Waals surface area contributed by atoms with Gasteiger partial charge in [-0.2, -0.15) is 4.98 Å². The van der Waals surface area contributed by atoms with E-state index in [4.69, 9.17) is 16.1 Å². The molecule has 2 aromatic rings. The first kappa shape index (κ1) is 13.5. The van der Waals surface area contributed by atoms with Gasteiger partial charge in [-0.15, -0.1) is 0 Å². The first-order valence-corrected chi connectivity index (χ1v) is 7.03. The van der Waals surface area contributed by atoms with Crippen molar-refractivity contribution < 1.29 is 8.91 Å². The molecule has 1 aliphatic rings. The van der Waals surface area contributed by atoms with Gasteiger partial charge < -0.3 is 9.84 Å². The first-order chi connectivity index (χ1) is 9.63. The van der Waals surface area contributed by atoms with Crippen LogP contribution in [0.5, 0.6) is 0 Å². The molecule has 0 amide bonds. The van der Waals surface area contributed by atoms with E-state index in [2.05, 4.69) is 22.4 Å². The van der Waals surface area contributed by atoms with Crippen molar-refractivity contribution in [3.8, 4) is 11.4 Å². The lowest BCUT2D eigenvalue weighted by atomic mass is 9.94. The van der Waals surface area contributed by atoms with Gasteiger partial charge >= 0.3 is 0 Å². The lowest BCUT2D eigenvalue weighted by Crippen LogP contribution is -2.30. The number of nitrogens with zero attached hydrogens (tertiary/aromatic N) is 2. The number of piperidine rings is 1. The molecular weight excluding hydrogens is 281 g/mol. The van der Waals surface area contributed by atoms with Crippen LogP contribution in [0, 0.1) is 11.7 Å². The SMILES string of the molecule is CC1CCNC(c2nc(-c3ccc(F)cc3Cl)no2)C1. The standard InChI is InChI=1S/C14H15ClFN3O/c1-8-4-5-17-12(6-8)14-18-13(19-20-14)10-3-2-9(16)7-11(10)15/h2-3,7-8,12,17H,4-6H2,1H3. The molecule has 4 nitrogen and oxygen atoms in total. The van der Waals surface area contributed by atoms with Crippen LogP contribution in [-0.2, 0) is 0 Å². The minimum Gasteiger partial charge on any atom is -0.337 e. The van der Waals surface area contributed by atoms with Crippen LogP contribution in [0.1, 0.15) is 31.7 Å². The molecule has 2 atom stereocenters. The molecule has 1 fully saturated rings. The van der Waals surface area contributed by atoms with Crippen molar-refractivity contribution in [2.24, 2.45) is 5.92 Å². The van der Waals surface area contributed by atoms with Crippen LogP contribution in [0.15, 0.2) is 22.7 Å². The third-order valence-electron chi connectivity index (χ3n) is 3.58. The fourth-order valence-electron chi connectivity index (χ4n) is 2.45. The van der Waals surface area contributed by atoms with Gasteiger partial charge in [0.25, 0.3) is 0 Å². The Labute approximate surface area is 121 Å². The zero-order chi connectivity index (χ0) is 14.1. The van der Waals surface area contributed by atoms with Crippen LogP contribution < -0.4 is 5.32 Å². The van der Waals surface area contributed by atoms with E-state index in [0.717, 1.165) is 19.4 Å². The lowest BCUT2D eigenvalue weighted by molar-refractivity contribution is 0.260. The summed E-state index contributed by atoms with van der Waals surface area (Å²) in [5, 5.41) is 7.59. The fraction of sp³-hybridized carbons (Fsp3) is 0.429. The zero-order valence-corrected chi connectivity index (χ0v) is 11.8. The molecule has 0 aliphatic carbocycles. The molecule has 3 rings (SSSR count). The van der Waals surface area contributed by atoms with Crippen LogP contribution in [0.3, 0.4) is 0 Å². The van der Waals surface area contributed by atoms with Crippen molar-refractivity contribution in [1.29, 1.82) is 0 Å². The predicted molar refractivity (Wildman–Crippen MR) is 73.8 cm³/mol. The van der Waals surface area contributed by atoms with E-state index in [0.29, 0.717) is 23.2 Å². The molecule has 1 saturated heterocycles. The predicted octanol–water partition coefficient (Wildman–Crippen LogP) is 3.59. The Morgan fingerprint density at radius 1 is 1.45 bits per heavy atom. The highest BCUT2D eigenvalue weighted by Gasteiger charge is 2.25. The maximum atomic E-state index is 13.0. The van der Waals surface area contributed by atoms with Crippen molar-refractivity contribution in [2.75, 3.05) is 6.54 Å². The molecule has 0 saturated carbocycles. The number of aromatic nitrogens is 2. The normalized spacial score (nSPS) is 22.9. The maximum Gasteiger partial charge on any atom is 0.244 e. The molecule has 0 spiro atoms. The van der Waals surface area contributed by atoms with E-state index < -0.39 is 0 Å². The number of rotatable bonds is 2. The quantitative estimate of drug-likeness (QED) is 0.920. The highest BCUT2D eigenvalue weighted by atomic mass is 35.5. The molecule has 0 bridgehead atoms. The summed E-state index contributed by atoms with van der Waals surface area (Å²) in [7, 11) is 0. The van der Waals surface area contributed by atoms with Gasteiger partial charge in [-0.3, -0.25) is 0 Å². The van der Waals surface area contributed by atoms with Gasteiger partial charge in [-0.05, 0) is 43.5 Å². The molecule has 1 aromatic carbocycles. The molecule has 0 radical (unpaired) electrons. The second kappa shape index (κ2) is 5.50. The van der Waals surface area contributed by atoms with Gasteiger partial charge in [0.05, 0.1) is 11.1 Å². The Bertz CT molecular complexity index is 616. The third kappa shape index (κ3) is 2.69. The monoisotopic (exact) mass is 295 g/mol. The highest BCUT2D eigenvalue weighted by molar-refractivity contribution is 6.33. The summed E-state index contributed by atoms with van der Waals surface area (Å²) < 4.78 is 18.4. The summed E-state index contributed by atoms with van der Waals surface area (Å²) >= 11 is 6.00. The Balaban J connectivity index is 1.86. The van der Waals surface area contributed by atoms with Crippen molar-refractivity contribution >= 4 is 11.6 Å². The Morgan fingerprint density at radius 2 is 2.30 bits per heavy atom. The Hall–Kier alpha value is -1.46. The number of nitrogens with one attached hydrogen (secondary N) is 1. The topological polar surface area (TPSA) is 51.0 Å². The van der Waals surface area contributed by atoms with Crippen LogP contribution in [-0.4, -0.2) is 16.7 Å². The van der Waals surface area contributed by atoms with E-state index in [1.165, 1.54) is 12.1 Å². The number of benzene rings is 1. The summed E-state index contributed by atoms with van der Waals surface area (Å²) in [4.78, 5) is 4.38. The summed E-state index contributed by atoms with van der Waals surface area (Å²) in [5.41, 5.74) is 0.576. The molecule has 6 heteroatoms. The van der Waals surface area contributed by atoms with E-state index in [1.807, 2.05) is 0 Å². The summed E-state index contributed by atoms with van der Waals surface area (Å²) in [6.45, 7) is 3.16. The number of hydrogen-bond acceptors (Lipinski definition) is 4. The zero-order valence-electron chi connectivity index (χ0n) is 11.1. The maximum absolute atomic E-state index is 13.0. The van der Waals surface area contributed by atoms with Gasteiger partial charge in [-0.25, -0.2) is 4.39 Å². The average Bonchev–Trinajstić information content (AvgIpc) is 2.88. The molecule has 1 N–H and O–H groups in total. The molecule has 2 unspecified atom stereocenters. The van der Waals surface area contributed by atoms with Crippen LogP contribution in [0.2, 0.25) is 5.02 Å². The van der Waals surface area contributed by atoms with Crippen molar-refractivity contribution in [1.82, 2.24) is 15.5 Å². The molecular formula is C14H15ClFN3O. The molecule has 20 heavy (non-hydrogen) atoms. The minimum absolute atomic E-state index is 0.0826. The van der Waals surface area contributed by atoms with Crippen molar-refractivity contribution in [2.45, 2.75) is 25.8 Å². The molecule has 106 valence electrons. The summed E-state index contributed by atoms with van der Waals surface area (Å²) in [6.07, 6.45) is 2.13. The summed E-state index contributed by atoms with van der Waals surface area (Å²) in [6, 6.07) is 4.22. The Morgan fingerprint density at radius 3 is 3.05 bits per heavy atom. The van der Waals surface area contributed by atoms with E-state index in [9.17, 15) is 4.39 Å². The van der Waals surface area contributed by atoms with Gasteiger partial charge in [0.2, 0.25) is 11.7 Å². The first-order valence-electron chi connectivity index (χ1n) is 6.66. The largest absolute Gasteiger partial charge is 0.337 e. The van der Waals surface area contributed by atoms with Crippen LogP contribution in [0.25, 0.3) is 11.4 Å². The third-order valence-corrected chi connectivity index (χ3v) is 3.89. The number of halogens is 2. The minimum atomic E-state index is -0.384. The van der Waals surface area contributed by atoms with Gasteiger partial charge in [0.15, 0.2) is 0 Å². The van der Waals surface area contributed by atoms with Crippen molar-refractivity contribution in [3.05, 3.63) is 34.9 Å². The van der Waals surface area contributed by atoms with Gasteiger partial charge in [0.1, 0.15) is 5.82 Å². The molecule has 1 aliphatic heterocycles. The van der Waals surface area contributed by atoms with Crippen molar-refractivity contribution in [3.63, 3.8) is 0 Å². The van der Waals surface area contributed by atoms with Crippen LogP contribution >= 0.6 is 11.6 Å². The lowest BCUT2D eigenvalue weighted by Gasteiger charge is -2.25. The second-order valence-electron chi connectivity index (χ2n) is 5.22. The fourth-order valence-corrected chi connectivity index (χ4v) is 2.70. The summed E-state index contributed by atoms with van der Waals surface area (Å²) in [5.74, 6) is 1.20. The number of hydrogen-bond donors (Lipinski definition) is 1.